The molecular weight excluding hydrogens is 407 g/mol. The van der Waals surface area contributed by atoms with E-state index in [1.165, 1.54) is 6.26 Å². The normalized spacial score (nSPS) is 11.1. The van der Waals surface area contributed by atoms with Crippen molar-refractivity contribution in [1.82, 2.24) is 0 Å². The van der Waals surface area contributed by atoms with Gasteiger partial charge in [-0.05, 0) is 65.9 Å². The van der Waals surface area contributed by atoms with Crippen LogP contribution in [-0.2, 0) is 19.1 Å². The Labute approximate surface area is 179 Å². The van der Waals surface area contributed by atoms with E-state index in [1.54, 1.807) is 18.2 Å². The van der Waals surface area contributed by atoms with Gasteiger partial charge in [0.25, 0.3) is 5.91 Å². The van der Waals surface area contributed by atoms with Crippen LogP contribution in [0.1, 0.15) is 41.1 Å². The summed E-state index contributed by atoms with van der Waals surface area (Å²) in [6.45, 7) is 4.40. The third-order valence-electron chi connectivity index (χ3n) is 4.18. The van der Waals surface area contributed by atoms with Crippen molar-refractivity contribution < 1.29 is 22.4 Å². The van der Waals surface area contributed by atoms with Crippen molar-refractivity contribution in [2.45, 2.75) is 33.0 Å². The van der Waals surface area contributed by atoms with Gasteiger partial charge in [-0.3, -0.25) is 4.79 Å². The maximum atomic E-state index is 12.4. The smallest absolute Gasteiger partial charge is 0.416 e. The molecule has 2 aromatic carbocycles. The van der Waals surface area contributed by atoms with Gasteiger partial charge >= 0.3 is 6.18 Å². The lowest BCUT2D eigenvalue weighted by Crippen LogP contribution is -2.10. The molecule has 5 nitrogen and oxygen atoms in total. The van der Waals surface area contributed by atoms with Gasteiger partial charge in [-0.2, -0.15) is 13.2 Å². The fourth-order valence-corrected chi connectivity index (χ4v) is 2.80. The molecule has 3 aromatic rings. The lowest BCUT2D eigenvalue weighted by atomic mass is 10.00. The molecule has 1 heterocycles. The molecule has 1 aromatic heterocycles. The minimum atomic E-state index is -4.32. The maximum absolute atomic E-state index is 12.4. The molecule has 0 saturated carbocycles. The van der Waals surface area contributed by atoms with Crippen LogP contribution in [0.2, 0.25) is 0 Å². The molecule has 0 spiro atoms. The average Bonchev–Trinajstić information content (AvgIpc) is 3.22. The molecule has 0 aliphatic carbocycles. The number of halogens is 3. The Morgan fingerprint density at radius 1 is 1.06 bits per heavy atom. The molecule has 166 valence electrons. The predicted molar refractivity (Wildman–Crippen MR) is 115 cm³/mol. The van der Waals surface area contributed by atoms with Gasteiger partial charge in [0.05, 0.1) is 11.8 Å². The van der Waals surface area contributed by atoms with Gasteiger partial charge in [0.15, 0.2) is 5.76 Å². The highest BCUT2D eigenvalue weighted by Crippen LogP contribution is 2.31. The summed E-state index contributed by atoms with van der Waals surface area (Å²) in [6.07, 6.45) is -2.25. The first-order chi connectivity index (χ1) is 14.6. The SMILES string of the molecule is CC(C)Cc1cc(N)cc(C(F)(F)F)c1.NCc1ccc(NC(=O)c2ccco2)cc1. The van der Waals surface area contributed by atoms with Crippen molar-refractivity contribution in [3.05, 3.63) is 83.3 Å². The summed E-state index contributed by atoms with van der Waals surface area (Å²) in [4.78, 5) is 11.6. The molecule has 1 amide bonds. The number of hydrogen-bond acceptors (Lipinski definition) is 4. The standard InChI is InChI=1S/C12H12N2O2.C11H14F3N/c13-8-9-3-5-10(6-4-9)14-12(15)11-2-1-7-16-11;1-7(2)3-8-4-9(11(12,13)14)6-10(15)5-8/h1-7H,8,13H2,(H,14,15);4-7H,3,15H2,1-2H3. The van der Waals surface area contributed by atoms with Crippen LogP contribution < -0.4 is 16.8 Å². The fraction of sp³-hybridized carbons (Fsp3) is 0.261. The molecule has 0 radical (unpaired) electrons. The van der Waals surface area contributed by atoms with Crippen molar-refractivity contribution >= 4 is 17.3 Å². The summed E-state index contributed by atoms with van der Waals surface area (Å²) in [6, 6.07) is 14.4. The molecule has 0 aliphatic rings. The van der Waals surface area contributed by atoms with Crippen LogP contribution in [0.3, 0.4) is 0 Å². The molecular formula is C23H26F3N3O2. The highest BCUT2D eigenvalue weighted by molar-refractivity contribution is 6.02. The summed E-state index contributed by atoms with van der Waals surface area (Å²) < 4.78 is 42.3. The van der Waals surface area contributed by atoms with Crippen LogP contribution >= 0.6 is 0 Å². The lowest BCUT2D eigenvalue weighted by Gasteiger charge is -2.11. The first kappa shape index (κ1) is 24.0. The average molecular weight is 433 g/mol. The van der Waals surface area contributed by atoms with Gasteiger partial charge in [-0.25, -0.2) is 0 Å². The molecule has 0 saturated heterocycles. The van der Waals surface area contributed by atoms with Gasteiger partial charge in [-0.15, -0.1) is 0 Å². The first-order valence-electron chi connectivity index (χ1n) is 9.69. The van der Waals surface area contributed by atoms with Gasteiger partial charge in [-0.1, -0.05) is 26.0 Å². The summed E-state index contributed by atoms with van der Waals surface area (Å²) in [5.74, 6) is 0.348. The number of benzene rings is 2. The number of carbonyl (C=O) groups is 1. The van der Waals surface area contributed by atoms with Crippen LogP contribution in [0.4, 0.5) is 24.5 Å². The summed E-state index contributed by atoms with van der Waals surface area (Å²) >= 11 is 0. The van der Waals surface area contributed by atoms with Gasteiger partial charge < -0.3 is 21.2 Å². The maximum Gasteiger partial charge on any atom is 0.416 e. The van der Waals surface area contributed by atoms with Crippen molar-refractivity contribution in [3.8, 4) is 0 Å². The minimum Gasteiger partial charge on any atom is -0.459 e. The third-order valence-corrected chi connectivity index (χ3v) is 4.18. The monoisotopic (exact) mass is 433 g/mol. The summed E-state index contributed by atoms with van der Waals surface area (Å²) in [7, 11) is 0. The molecule has 31 heavy (non-hydrogen) atoms. The second-order valence-corrected chi connectivity index (χ2v) is 7.39. The fourth-order valence-electron chi connectivity index (χ4n) is 2.80. The predicted octanol–water partition coefficient (Wildman–Crippen LogP) is 5.48. The van der Waals surface area contributed by atoms with Crippen molar-refractivity contribution in [1.29, 1.82) is 0 Å². The van der Waals surface area contributed by atoms with Gasteiger partial charge in [0.1, 0.15) is 0 Å². The van der Waals surface area contributed by atoms with E-state index in [4.69, 9.17) is 15.9 Å². The number of alkyl halides is 3. The van der Waals surface area contributed by atoms with Crippen LogP contribution in [0.5, 0.6) is 0 Å². The Hall–Kier alpha value is -3.26. The minimum absolute atomic E-state index is 0.167. The van der Waals surface area contributed by atoms with Crippen LogP contribution in [-0.4, -0.2) is 5.91 Å². The number of nitrogen functional groups attached to an aromatic ring is 1. The van der Waals surface area contributed by atoms with E-state index in [-0.39, 0.29) is 11.6 Å². The molecule has 0 fully saturated rings. The third kappa shape index (κ3) is 7.82. The summed E-state index contributed by atoms with van der Waals surface area (Å²) in [5.41, 5.74) is 12.8. The van der Waals surface area contributed by atoms with Crippen molar-refractivity contribution in [2.75, 3.05) is 11.1 Å². The van der Waals surface area contributed by atoms with E-state index in [0.29, 0.717) is 30.2 Å². The van der Waals surface area contributed by atoms with E-state index in [1.807, 2.05) is 38.1 Å². The number of hydrogen-bond donors (Lipinski definition) is 3. The zero-order valence-corrected chi connectivity index (χ0v) is 17.4. The number of carbonyl (C=O) groups excluding carboxylic acids is 1. The molecule has 5 N–H and O–H groups in total. The number of furan rings is 1. The number of rotatable bonds is 5. The Morgan fingerprint density at radius 3 is 2.26 bits per heavy atom. The number of nitrogens with two attached hydrogens (primary N) is 2. The van der Waals surface area contributed by atoms with E-state index in [0.717, 1.165) is 23.4 Å². The molecule has 0 bridgehead atoms. The van der Waals surface area contributed by atoms with E-state index >= 15 is 0 Å². The molecule has 3 rings (SSSR count). The second kappa shape index (κ2) is 10.7. The van der Waals surface area contributed by atoms with E-state index in [2.05, 4.69) is 5.32 Å². The quantitative estimate of drug-likeness (QED) is 0.465. The van der Waals surface area contributed by atoms with Gasteiger partial charge in [0, 0.05) is 17.9 Å². The molecule has 8 heteroatoms. The summed E-state index contributed by atoms with van der Waals surface area (Å²) in [5, 5.41) is 2.72. The highest BCUT2D eigenvalue weighted by atomic mass is 19.4. The highest BCUT2D eigenvalue weighted by Gasteiger charge is 2.31. The van der Waals surface area contributed by atoms with Crippen LogP contribution in [0.25, 0.3) is 0 Å². The Balaban J connectivity index is 0.000000221. The van der Waals surface area contributed by atoms with Crippen LogP contribution in [0, 0.1) is 5.92 Å². The van der Waals surface area contributed by atoms with E-state index in [9.17, 15) is 18.0 Å². The van der Waals surface area contributed by atoms with Crippen molar-refractivity contribution in [3.63, 3.8) is 0 Å². The number of anilines is 2. The molecule has 0 unspecified atom stereocenters. The van der Waals surface area contributed by atoms with E-state index < -0.39 is 11.7 Å². The molecule has 0 aliphatic heterocycles. The Morgan fingerprint density at radius 2 is 1.74 bits per heavy atom. The van der Waals surface area contributed by atoms with Crippen molar-refractivity contribution in [2.24, 2.45) is 11.7 Å². The Bertz CT molecular complexity index is 967. The largest absolute Gasteiger partial charge is 0.459 e. The number of amides is 1. The zero-order chi connectivity index (χ0) is 23.0. The number of nitrogens with one attached hydrogen (secondary N) is 1. The van der Waals surface area contributed by atoms with Crippen LogP contribution in [0.15, 0.2) is 65.3 Å². The zero-order valence-electron chi connectivity index (χ0n) is 17.4. The lowest BCUT2D eigenvalue weighted by molar-refractivity contribution is -0.137. The Kier molecular flexibility index (Phi) is 8.27. The topological polar surface area (TPSA) is 94.3 Å². The van der Waals surface area contributed by atoms with Gasteiger partial charge in [0.2, 0.25) is 0 Å². The molecule has 0 atom stereocenters. The second-order valence-electron chi connectivity index (χ2n) is 7.39. The first-order valence-corrected chi connectivity index (χ1v) is 9.69.